The quantitative estimate of drug-likeness (QED) is 0.637. The van der Waals surface area contributed by atoms with Crippen molar-refractivity contribution in [1.82, 2.24) is 10.2 Å². The van der Waals surface area contributed by atoms with E-state index in [1.165, 1.54) is 4.90 Å². The molecule has 1 amide bonds. The monoisotopic (exact) mass is 426 g/mol. The zero-order chi connectivity index (χ0) is 21.3. The van der Waals surface area contributed by atoms with E-state index in [1.807, 2.05) is 0 Å². The SMILES string of the molecule is O=C(NCCN1CCOCC1)C(F)(F)C(F)(F)C(F)(F)C(F)(F)C(F)(F)F. The number of hydrogen-bond donors (Lipinski definition) is 1. The van der Waals surface area contributed by atoms with Crippen LogP contribution in [0.25, 0.3) is 0 Å². The molecule has 27 heavy (non-hydrogen) atoms. The zero-order valence-electron chi connectivity index (χ0n) is 13.2. The summed E-state index contributed by atoms with van der Waals surface area (Å²) in [5.41, 5.74) is 0. The molecular weight excluding hydrogens is 413 g/mol. The van der Waals surface area contributed by atoms with Crippen molar-refractivity contribution in [3.63, 3.8) is 0 Å². The van der Waals surface area contributed by atoms with Crippen LogP contribution in [0.15, 0.2) is 0 Å². The van der Waals surface area contributed by atoms with Crippen LogP contribution in [0.2, 0.25) is 0 Å². The summed E-state index contributed by atoms with van der Waals surface area (Å²) in [5, 5.41) is 1.13. The average Bonchev–Trinajstić information content (AvgIpc) is 2.54. The molecule has 15 heteroatoms. The van der Waals surface area contributed by atoms with Gasteiger partial charge in [-0.05, 0) is 0 Å². The lowest BCUT2D eigenvalue weighted by Crippen LogP contribution is -2.69. The van der Waals surface area contributed by atoms with Crippen LogP contribution >= 0.6 is 0 Å². The van der Waals surface area contributed by atoms with Crippen molar-refractivity contribution in [3.8, 4) is 0 Å². The smallest absolute Gasteiger partial charge is 0.379 e. The molecule has 0 spiro atoms. The molecule has 0 unspecified atom stereocenters. The molecule has 0 bridgehead atoms. The van der Waals surface area contributed by atoms with E-state index in [4.69, 9.17) is 4.74 Å². The van der Waals surface area contributed by atoms with Gasteiger partial charge in [0.25, 0.3) is 5.91 Å². The molecule has 160 valence electrons. The van der Waals surface area contributed by atoms with Crippen LogP contribution < -0.4 is 5.32 Å². The number of amides is 1. The first kappa shape index (κ1) is 23.7. The third kappa shape index (κ3) is 4.22. The van der Waals surface area contributed by atoms with Crippen LogP contribution in [-0.4, -0.2) is 80.1 Å². The summed E-state index contributed by atoms with van der Waals surface area (Å²) in [7, 11) is 0. The third-order valence-corrected chi connectivity index (χ3v) is 3.64. The van der Waals surface area contributed by atoms with Gasteiger partial charge in [0.1, 0.15) is 0 Å². The van der Waals surface area contributed by atoms with Gasteiger partial charge in [-0.3, -0.25) is 9.69 Å². The molecule has 1 saturated heterocycles. The van der Waals surface area contributed by atoms with E-state index in [1.54, 1.807) is 0 Å². The minimum Gasteiger partial charge on any atom is -0.379 e. The summed E-state index contributed by atoms with van der Waals surface area (Å²) in [4.78, 5) is 12.6. The highest BCUT2D eigenvalue weighted by Gasteiger charge is 2.88. The Balaban J connectivity index is 2.89. The van der Waals surface area contributed by atoms with E-state index in [0.29, 0.717) is 0 Å². The van der Waals surface area contributed by atoms with E-state index in [0.717, 1.165) is 5.32 Å². The van der Waals surface area contributed by atoms with E-state index in [-0.39, 0.29) is 32.8 Å². The molecule has 0 aromatic rings. The molecule has 0 aliphatic carbocycles. The van der Waals surface area contributed by atoms with Crippen molar-refractivity contribution >= 4 is 5.91 Å². The molecule has 1 aliphatic heterocycles. The lowest BCUT2D eigenvalue weighted by molar-refractivity contribution is -0.417. The summed E-state index contributed by atoms with van der Waals surface area (Å²) in [5.74, 6) is -32.1. The van der Waals surface area contributed by atoms with Crippen molar-refractivity contribution < 1.29 is 57.8 Å². The lowest BCUT2D eigenvalue weighted by atomic mass is 9.97. The van der Waals surface area contributed by atoms with Crippen LogP contribution in [0.5, 0.6) is 0 Å². The van der Waals surface area contributed by atoms with Gasteiger partial charge < -0.3 is 10.1 Å². The highest BCUT2D eigenvalue weighted by Crippen LogP contribution is 2.57. The number of nitrogens with zero attached hydrogens (tertiary/aromatic N) is 1. The van der Waals surface area contributed by atoms with Gasteiger partial charge in [0.05, 0.1) is 13.2 Å². The van der Waals surface area contributed by atoms with Crippen molar-refractivity contribution in [2.24, 2.45) is 0 Å². The summed E-state index contributed by atoms with van der Waals surface area (Å²) < 4.78 is 145. The predicted octanol–water partition coefficient (Wildman–Crippen LogP) is 2.54. The molecule has 1 rings (SSSR count). The highest BCUT2D eigenvalue weighted by atomic mass is 19.4. The molecule has 1 N–H and O–H groups in total. The van der Waals surface area contributed by atoms with Crippen LogP contribution in [-0.2, 0) is 9.53 Å². The predicted molar refractivity (Wildman–Crippen MR) is 66.1 cm³/mol. The summed E-state index contributed by atoms with van der Waals surface area (Å²) in [6.07, 6.45) is -7.26. The van der Waals surface area contributed by atoms with Crippen molar-refractivity contribution in [2.45, 2.75) is 29.9 Å². The number of ether oxygens (including phenoxy) is 1. The van der Waals surface area contributed by atoms with Gasteiger partial charge in [-0.15, -0.1) is 0 Å². The molecule has 0 aromatic carbocycles. The number of carbonyl (C=O) groups excluding carboxylic acids is 1. The number of morpholine rings is 1. The maximum atomic E-state index is 13.4. The average molecular weight is 426 g/mol. The fourth-order valence-corrected chi connectivity index (χ4v) is 1.98. The summed E-state index contributed by atoms with van der Waals surface area (Å²) in [6, 6.07) is 0. The Bertz CT molecular complexity index is 530. The van der Waals surface area contributed by atoms with Gasteiger partial charge in [0, 0.05) is 26.2 Å². The second-order valence-corrected chi connectivity index (χ2v) is 5.51. The standard InChI is InChI=1S/C12H13F11N2O2/c13-8(14,7(26)24-1-2-25-3-5-27-6-4-25)9(15,16)10(17,18)11(19,20)12(21,22)23/h1-6H2,(H,24,26). The molecular formula is C12H13F11N2O2. The lowest BCUT2D eigenvalue weighted by Gasteiger charge is -2.36. The van der Waals surface area contributed by atoms with Gasteiger partial charge in [-0.2, -0.15) is 48.3 Å². The molecule has 1 aliphatic rings. The molecule has 1 heterocycles. The zero-order valence-corrected chi connectivity index (χ0v) is 13.2. The molecule has 0 atom stereocenters. The Morgan fingerprint density at radius 2 is 1.30 bits per heavy atom. The Labute approximate surface area is 144 Å². The summed E-state index contributed by atoms with van der Waals surface area (Å²) in [6.45, 7) is 0.0516. The van der Waals surface area contributed by atoms with E-state index < -0.39 is 42.3 Å². The van der Waals surface area contributed by atoms with E-state index in [9.17, 15) is 53.1 Å². The normalized spacial score (nSPS) is 18.5. The molecule has 1 fully saturated rings. The highest BCUT2D eigenvalue weighted by molar-refractivity contribution is 5.84. The number of rotatable bonds is 7. The topological polar surface area (TPSA) is 41.6 Å². The van der Waals surface area contributed by atoms with Crippen molar-refractivity contribution in [1.29, 1.82) is 0 Å². The largest absolute Gasteiger partial charge is 0.460 e. The first-order chi connectivity index (χ1) is 12.0. The third-order valence-electron chi connectivity index (χ3n) is 3.64. The Morgan fingerprint density at radius 3 is 1.74 bits per heavy atom. The van der Waals surface area contributed by atoms with E-state index in [2.05, 4.69) is 0 Å². The first-order valence-electron chi connectivity index (χ1n) is 7.16. The molecule has 0 aromatic heterocycles. The first-order valence-corrected chi connectivity index (χ1v) is 7.16. The van der Waals surface area contributed by atoms with Crippen molar-refractivity contribution in [2.75, 3.05) is 39.4 Å². The Kier molecular flexibility index (Phi) is 6.63. The fraction of sp³-hybridized carbons (Fsp3) is 0.917. The minimum atomic E-state index is -7.59. The van der Waals surface area contributed by atoms with Gasteiger partial charge in [0.2, 0.25) is 0 Å². The Hall–Kier alpha value is -1.38. The maximum Gasteiger partial charge on any atom is 0.460 e. The van der Waals surface area contributed by atoms with Gasteiger partial charge >= 0.3 is 29.9 Å². The minimum absolute atomic E-state index is 0.203. The fourth-order valence-electron chi connectivity index (χ4n) is 1.98. The second-order valence-electron chi connectivity index (χ2n) is 5.51. The summed E-state index contributed by atoms with van der Waals surface area (Å²) >= 11 is 0. The Morgan fingerprint density at radius 1 is 0.815 bits per heavy atom. The van der Waals surface area contributed by atoms with Crippen LogP contribution in [0.3, 0.4) is 0 Å². The molecule has 0 saturated carbocycles. The number of nitrogens with one attached hydrogen (secondary N) is 1. The molecule has 4 nitrogen and oxygen atoms in total. The van der Waals surface area contributed by atoms with Gasteiger partial charge in [-0.1, -0.05) is 0 Å². The van der Waals surface area contributed by atoms with Crippen LogP contribution in [0.4, 0.5) is 48.3 Å². The maximum absolute atomic E-state index is 13.4. The van der Waals surface area contributed by atoms with Crippen LogP contribution in [0.1, 0.15) is 0 Å². The van der Waals surface area contributed by atoms with Crippen molar-refractivity contribution in [3.05, 3.63) is 0 Å². The van der Waals surface area contributed by atoms with Crippen LogP contribution in [0, 0.1) is 0 Å². The second kappa shape index (κ2) is 7.56. The number of halogens is 11. The number of hydrogen-bond acceptors (Lipinski definition) is 3. The number of carbonyl (C=O) groups is 1. The molecule has 0 radical (unpaired) electrons. The number of alkyl halides is 11. The van der Waals surface area contributed by atoms with E-state index >= 15 is 0 Å². The van der Waals surface area contributed by atoms with Gasteiger partial charge in [-0.25, -0.2) is 0 Å². The van der Waals surface area contributed by atoms with Gasteiger partial charge in [0.15, 0.2) is 0 Å².